The summed E-state index contributed by atoms with van der Waals surface area (Å²) in [5.41, 5.74) is 22.6. The van der Waals surface area contributed by atoms with Crippen LogP contribution in [0.3, 0.4) is 0 Å². The molecule has 0 spiro atoms. The normalized spacial score (nSPS) is 17.7. The molecule has 8 atom stereocenters. The van der Waals surface area contributed by atoms with Gasteiger partial charge in [-0.2, -0.15) is 0 Å². The number of primary amides is 1. The highest BCUT2D eigenvalue weighted by molar-refractivity contribution is 5.98. The fourth-order valence-electron chi connectivity index (χ4n) is 6.05. The fraction of sp³-hybridized carbons (Fsp3) is 0.622. The molecule has 15 N–H and O–H groups in total. The lowest BCUT2D eigenvalue weighted by Gasteiger charge is -2.30. The zero-order chi connectivity index (χ0) is 43.1. The number of benzene rings is 1. The Morgan fingerprint density at radius 1 is 0.842 bits per heavy atom. The van der Waals surface area contributed by atoms with Gasteiger partial charge in [-0.05, 0) is 69.1 Å². The van der Waals surface area contributed by atoms with E-state index in [-0.39, 0.29) is 56.4 Å². The minimum absolute atomic E-state index is 0.00113. The molecule has 1 heterocycles. The highest BCUT2D eigenvalue weighted by atomic mass is 16.3. The molecule has 1 aromatic carbocycles. The van der Waals surface area contributed by atoms with Crippen LogP contribution in [-0.4, -0.2) is 124 Å². The molecule has 1 aliphatic rings. The molecule has 20 heteroatoms. The zero-order valence-corrected chi connectivity index (χ0v) is 33.5. The Hall–Kier alpha value is -5.50. The highest BCUT2D eigenvalue weighted by Crippen LogP contribution is 2.21. The number of aliphatic hydroxyl groups excluding tert-OH is 1. The predicted molar refractivity (Wildman–Crippen MR) is 210 cm³/mol. The quantitative estimate of drug-likeness (QED) is 0.0316. The molecule has 8 unspecified atom stereocenters. The van der Waals surface area contributed by atoms with Crippen LogP contribution in [0.5, 0.6) is 5.75 Å². The van der Waals surface area contributed by atoms with Crippen LogP contribution < -0.4 is 49.5 Å². The number of amides is 7. The van der Waals surface area contributed by atoms with Crippen LogP contribution in [0.4, 0.5) is 0 Å². The Morgan fingerprint density at radius 2 is 1.46 bits per heavy atom. The first kappa shape index (κ1) is 47.7. The van der Waals surface area contributed by atoms with Gasteiger partial charge in [0.2, 0.25) is 41.4 Å². The monoisotopic (exact) mass is 803 g/mol. The molecular weight excluding hydrogens is 742 g/mol. The Balaban J connectivity index is 2.21. The van der Waals surface area contributed by atoms with Crippen molar-refractivity contribution in [3.05, 3.63) is 29.8 Å². The second kappa shape index (κ2) is 22.3. The number of nitrogens with two attached hydrogens (primary N) is 4. The van der Waals surface area contributed by atoms with Crippen molar-refractivity contribution in [1.29, 1.82) is 0 Å². The van der Waals surface area contributed by atoms with Crippen molar-refractivity contribution in [2.24, 2.45) is 39.8 Å². The van der Waals surface area contributed by atoms with Gasteiger partial charge in [0.1, 0.15) is 42.0 Å². The summed E-state index contributed by atoms with van der Waals surface area (Å²) in [6, 6.07) is -2.20. The van der Waals surface area contributed by atoms with Gasteiger partial charge >= 0.3 is 0 Å². The van der Waals surface area contributed by atoms with Crippen molar-refractivity contribution >= 4 is 47.3 Å². The number of carbonyl (C=O) groups excluding carboxylic acids is 7. The van der Waals surface area contributed by atoms with E-state index in [9.17, 15) is 43.8 Å². The zero-order valence-electron chi connectivity index (χ0n) is 33.5. The number of nitrogens with one attached hydrogen (secondary N) is 5. The molecule has 1 saturated heterocycles. The summed E-state index contributed by atoms with van der Waals surface area (Å²) in [6.45, 7) is 10.1. The Morgan fingerprint density at radius 3 is 2.00 bits per heavy atom. The highest BCUT2D eigenvalue weighted by Gasteiger charge is 2.42. The van der Waals surface area contributed by atoms with Crippen LogP contribution in [0.1, 0.15) is 72.8 Å². The maximum Gasteiger partial charge on any atom is 0.245 e. The summed E-state index contributed by atoms with van der Waals surface area (Å²) < 4.78 is 0. The second-order valence-corrected chi connectivity index (χ2v) is 15.1. The molecule has 7 amide bonds. The van der Waals surface area contributed by atoms with E-state index < -0.39 is 95.7 Å². The molecule has 0 bridgehead atoms. The number of guanidine groups is 1. The first-order chi connectivity index (χ1) is 26.6. The average molecular weight is 804 g/mol. The fourth-order valence-corrected chi connectivity index (χ4v) is 6.05. The second-order valence-electron chi connectivity index (χ2n) is 15.1. The molecule has 57 heavy (non-hydrogen) atoms. The topological polar surface area (TPSA) is 340 Å². The molecule has 0 saturated carbocycles. The van der Waals surface area contributed by atoms with E-state index in [1.54, 1.807) is 26.0 Å². The minimum atomic E-state index is -1.60. The lowest BCUT2D eigenvalue weighted by atomic mass is 10.0. The number of rotatable bonds is 22. The third-order valence-corrected chi connectivity index (χ3v) is 9.34. The van der Waals surface area contributed by atoms with Crippen LogP contribution in [0.2, 0.25) is 0 Å². The number of aliphatic hydroxyl groups is 1. The first-order valence-corrected chi connectivity index (χ1v) is 19.0. The Bertz CT molecular complexity index is 1600. The van der Waals surface area contributed by atoms with Crippen molar-refractivity contribution in [1.82, 2.24) is 31.5 Å². The average Bonchev–Trinajstić information content (AvgIpc) is 3.48. The third kappa shape index (κ3) is 15.2. The van der Waals surface area contributed by atoms with Gasteiger partial charge in [-0.1, -0.05) is 39.8 Å². The Labute approximate surface area is 332 Å². The number of carbonyl (C=O) groups is 7. The Kier molecular flexibility index (Phi) is 18.6. The number of hydrogen-bond acceptors (Lipinski definition) is 11. The van der Waals surface area contributed by atoms with Crippen molar-refractivity contribution < 1.29 is 43.8 Å². The third-order valence-electron chi connectivity index (χ3n) is 9.34. The van der Waals surface area contributed by atoms with E-state index in [2.05, 4.69) is 31.6 Å². The largest absolute Gasteiger partial charge is 0.508 e. The molecule has 318 valence electrons. The maximum absolute atomic E-state index is 13.7. The van der Waals surface area contributed by atoms with Gasteiger partial charge in [-0.3, -0.25) is 38.6 Å². The number of phenolic OH excluding ortho intramolecular Hbond substituents is 1. The van der Waals surface area contributed by atoms with Gasteiger partial charge in [0, 0.05) is 19.5 Å². The van der Waals surface area contributed by atoms with E-state index in [1.165, 1.54) is 30.9 Å². The molecule has 0 aliphatic carbocycles. The molecule has 1 fully saturated rings. The lowest BCUT2D eigenvalue weighted by Crippen LogP contribution is -2.62. The maximum atomic E-state index is 13.7. The predicted octanol–water partition coefficient (Wildman–Crippen LogP) is -3.07. The molecule has 2 rings (SSSR count). The van der Waals surface area contributed by atoms with Crippen molar-refractivity contribution in [3.63, 3.8) is 0 Å². The van der Waals surface area contributed by atoms with Crippen LogP contribution in [0, 0.1) is 11.8 Å². The lowest BCUT2D eigenvalue weighted by molar-refractivity contribution is -0.141. The van der Waals surface area contributed by atoms with E-state index in [0.29, 0.717) is 12.0 Å². The summed E-state index contributed by atoms with van der Waals surface area (Å²) in [5.74, 6) is -5.64. The summed E-state index contributed by atoms with van der Waals surface area (Å²) in [4.78, 5) is 97.5. The molecule has 0 radical (unpaired) electrons. The summed E-state index contributed by atoms with van der Waals surface area (Å²) >= 11 is 0. The minimum Gasteiger partial charge on any atom is -0.508 e. The number of aromatic hydroxyl groups is 1. The number of aliphatic imine (C=N–C) groups is 1. The van der Waals surface area contributed by atoms with Crippen molar-refractivity contribution in [2.75, 3.05) is 13.1 Å². The van der Waals surface area contributed by atoms with Crippen LogP contribution in [0.15, 0.2) is 29.3 Å². The number of likely N-dealkylation sites (tertiary alicyclic amines) is 1. The van der Waals surface area contributed by atoms with Gasteiger partial charge in [0.05, 0.1) is 12.1 Å². The van der Waals surface area contributed by atoms with Gasteiger partial charge in [-0.25, -0.2) is 0 Å². The number of phenols is 1. The van der Waals surface area contributed by atoms with Gasteiger partial charge in [0.25, 0.3) is 0 Å². The van der Waals surface area contributed by atoms with Crippen LogP contribution >= 0.6 is 0 Å². The smallest absolute Gasteiger partial charge is 0.245 e. The standard InChI is InChI=1S/C37H61N11O9/c1-18(2)16-27(33(54)43-20(5)30(39)51)48-15-13-25(36(48)57)44-34(55)28(19(3)4)46-35(56)29(21(6)49)47-32(53)26(17-22-9-11-23(50)12-10-22)45-31(52)24(38)8-7-14-42-37(40)41/h9-12,18-21,24-29,49-50H,7-8,13-17,38H2,1-6H3,(H2,39,51)(H,43,54)(H,44,55)(H,45,52)(H,46,56)(H,47,53)(H4,40,41,42). The number of hydrogen-bond donors (Lipinski definition) is 11. The molecular formula is C37H61N11O9. The van der Waals surface area contributed by atoms with Gasteiger partial charge in [-0.15, -0.1) is 0 Å². The van der Waals surface area contributed by atoms with E-state index in [1.807, 2.05) is 13.8 Å². The molecule has 1 aliphatic heterocycles. The SMILES string of the molecule is CC(C)CC(C(=O)NC(C)C(N)=O)N1CCC(NC(=O)C(NC(=O)C(NC(=O)C(Cc2ccc(O)cc2)NC(=O)C(N)CCCN=C(N)N)C(C)O)C(C)C)C1=O. The van der Waals surface area contributed by atoms with Crippen molar-refractivity contribution in [2.45, 2.75) is 122 Å². The molecule has 20 nitrogen and oxygen atoms in total. The van der Waals surface area contributed by atoms with E-state index >= 15 is 0 Å². The molecule has 1 aromatic rings. The van der Waals surface area contributed by atoms with Crippen molar-refractivity contribution in [3.8, 4) is 5.75 Å². The van der Waals surface area contributed by atoms with Crippen LogP contribution in [0.25, 0.3) is 0 Å². The van der Waals surface area contributed by atoms with Gasteiger partial charge in [0.15, 0.2) is 5.96 Å². The summed E-state index contributed by atoms with van der Waals surface area (Å²) in [7, 11) is 0. The first-order valence-electron chi connectivity index (χ1n) is 19.0. The van der Waals surface area contributed by atoms with E-state index in [4.69, 9.17) is 22.9 Å². The van der Waals surface area contributed by atoms with Gasteiger partial charge < -0.3 is 64.6 Å². The molecule has 0 aromatic heterocycles. The summed E-state index contributed by atoms with van der Waals surface area (Å²) in [5, 5.41) is 33.2. The summed E-state index contributed by atoms with van der Waals surface area (Å²) in [6.07, 6.45) is -0.553. The number of nitrogens with zero attached hydrogens (tertiary/aromatic N) is 2. The van der Waals surface area contributed by atoms with Crippen LogP contribution in [-0.2, 0) is 40.0 Å². The van der Waals surface area contributed by atoms with E-state index in [0.717, 1.165) is 0 Å².